The standard InChI is InChI=1S/C16H18O4/c17-7-2-8-18-13-5-6-15-12(9-13)3-1-4-16(15)20-11-14-10-19-14/h1,3-6,9,14,17H,2,7-8,10-11H2. The number of fused-ring (bicyclic) bond motifs is 1. The summed E-state index contributed by atoms with van der Waals surface area (Å²) in [4.78, 5) is 0. The van der Waals surface area contributed by atoms with Crippen LogP contribution < -0.4 is 9.47 Å². The van der Waals surface area contributed by atoms with Crippen LogP contribution in [0.25, 0.3) is 10.8 Å². The molecule has 2 aromatic carbocycles. The minimum absolute atomic E-state index is 0.148. The Kier molecular flexibility index (Phi) is 4.04. The summed E-state index contributed by atoms with van der Waals surface area (Å²) in [6.45, 7) is 2.08. The Morgan fingerprint density at radius 1 is 1.20 bits per heavy atom. The van der Waals surface area contributed by atoms with Crippen LogP contribution >= 0.6 is 0 Å². The van der Waals surface area contributed by atoms with E-state index in [-0.39, 0.29) is 12.7 Å². The van der Waals surface area contributed by atoms with Gasteiger partial charge in [-0.05, 0) is 29.7 Å². The molecule has 3 rings (SSSR count). The van der Waals surface area contributed by atoms with Crippen molar-refractivity contribution in [2.45, 2.75) is 12.5 Å². The molecule has 20 heavy (non-hydrogen) atoms. The summed E-state index contributed by atoms with van der Waals surface area (Å²) >= 11 is 0. The van der Waals surface area contributed by atoms with E-state index < -0.39 is 0 Å². The Bertz CT molecular complexity index is 578. The van der Waals surface area contributed by atoms with Gasteiger partial charge in [0.05, 0.1) is 13.2 Å². The summed E-state index contributed by atoms with van der Waals surface area (Å²) in [5.74, 6) is 1.69. The van der Waals surface area contributed by atoms with Crippen LogP contribution in [0.5, 0.6) is 11.5 Å². The van der Waals surface area contributed by atoms with E-state index in [9.17, 15) is 0 Å². The Morgan fingerprint density at radius 2 is 2.10 bits per heavy atom. The lowest BCUT2D eigenvalue weighted by atomic mass is 10.1. The van der Waals surface area contributed by atoms with Crippen molar-refractivity contribution in [3.05, 3.63) is 36.4 Å². The summed E-state index contributed by atoms with van der Waals surface area (Å²) in [7, 11) is 0. The molecule has 1 saturated heterocycles. The van der Waals surface area contributed by atoms with E-state index in [1.807, 2.05) is 36.4 Å². The third-order valence-electron chi connectivity index (χ3n) is 3.21. The van der Waals surface area contributed by atoms with Gasteiger partial charge in [0.1, 0.15) is 24.2 Å². The molecule has 0 saturated carbocycles. The van der Waals surface area contributed by atoms with Crippen molar-refractivity contribution >= 4 is 10.8 Å². The van der Waals surface area contributed by atoms with Crippen LogP contribution in [0.3, 0.4) is 0 Å². The van der Waals surface area contributed by atoms with Gasteiger partial charge in [-0.3, -0.25) is 0 Å². The highest BCUT2D eigenvalue weighted by atomic mass is 16.6. The maximum Gasteiger partial charge on any atom is 0.127 e. The molecule has 1 aliphatic heterocycles. The van der Waals surface area contributed by atoms with Crippen LogP contribution in [0.1, 0.15) is 6.42 Å². The molecule has 1 N–H and O–H groups in total. The zero-order chi connectivity index (χ0) is 13.8. The van der Waals surface area contributed by atoms with Gasteiger partial charge < -0.3 is 19.3 Å². The van der Waals surface area contributed by atoms with Crippen molar-refractivity contribution in [3.8, 4) is 11.5 Å². The first-order valence-corrected chi connectivity index (χ1v) is 6.87. The largest absolute Gasteiger partial charge is 0.493 e. The molecule has 1 atom stereocenters. The van der Waals surface area contributed by atoms with Gasteiger partial charge >= 0.3 is 0 Å². The predicted molar refractivity (Wildman–Crippen MR) is 76.4 cm³/mol. The Morgan fingerprint density at radius 3 is 2.90 bits per heavy atom. The highest BCUT2D eigenvalue weighted by Crippen LogP contribution is 2.29. The topological polar surface area (TPSA) is 51.2 Å². The number of ether oxygens (including phenoxy) is 3. The molecule has 1 aliphatic rings. The average Bonchev–Trinajstić information content (AvgIpc) is 3.29. The lowest BCUT2D eigenvalue weighted by molar-refractivity contribution is 0.233. The number of epoxide rings is 1. The van der Waals surface area contributed by atoms with Crippen molar-refractivity contribution in [2.75, 3.05) is 26.4 Å². The fourth-order valence-corrected chi connectivity index (χ4v) is 2.05. The van der Waals surface area contributed by atoms with Gasteiger partial charge in [-0.25, -0.2) is 0 Å². The van der Waals surface area contributed by atoms with E-state index >= 15 is 0 Å². The number of hydrogen-bond donors (Lipinski definition) is 1. The molecule has 1 unspecified atom stereocenters. The summed E-state index contributed by atoms with van der Waals surface area (Å²) in [5.41, 5.74) is 0. The van der Waals surface area contributed by atoms with Crippen molar-refractivity contribution < 1.29 is 19.3 Å². The first-order chi connectivity index (χ1) is 9.86. The molecule has 0 bridgehead atoms. The number of rotatable bonds is 7. The van der Waals surface area contributed by atoms with Gasteiger partial charge in [0.15, 0.2) is 0 Å². The molecule has 4 heteroatoms. The van der Waals surface area contributed by atoms with Crippen LogP contribution in [0, 0.1) is 0 Å². The summed E-state index contributed by atoms with van der Waals surface area (Å²) in [6, 6.07) is 11.9. The highest BCUT2D eigenvalue weighted by molar-refractivity contribution is 5.89. The van der Waals surface area contributed by atoms with Crippen LogP contribution in [-0.2, 0) is 4.74 Å². The van der Waals surface area contributed by atoms with E-state index in [0.717, 1.165) is 28.9 Å². The van der Waals surface area contributed by atoms with Crippen LogP contribution in [-0.4, -0.2) is 37.6 Å². The first-order valence-electron chi connectivity index (χ1n) is 6.87. The number of benzene rings is 2. The Labute approximate surface area is 117 Å². The van der Waals surface area contributed by atoms with Crippen molar-refractivity contribution in [1.29, 1.82) is 0 Å². The Balaban J connectivity index is 1.75. The third-order valence-corrected chi connectivity index (χ3v) is 3.21. The predicted octanol–water partition coefficient (Wildman–Crippen LogP) is 2.38. The highest BCUT2D eigenvalue weighted by Gasteiger charge is 2.23. The molecular weight excluding hydrogens is 256 g/mol. The second-order valence-electron chi connectivity index (χ2n) is 4.83. The zero-order valence-corrected chi connectivity index (χ0v) is 11.2. The molecule has 0 radical (unpaired) electrons. The molecule has 1 heterocycles. The third kappa shape index (κ3) is 3.21. The number of aliphatic hydroxyl groups is 1. The molecule has 0 aliphatic carbocycles. The van der Waals surface area contributed by atoms with Gasteiger partial charge in [0.2, 0.25) is 0 Å². The SMILES string of the molecule is OCCCOc1ccc2c(OCC3CO3)cccc2c1. The van der Waals surface area contributed by atoms with Crippen molar-refractivity contribution in [1.82, 2.24) is 0 Å². The molecular formula is C16H18O4. The van der Waals surface area contributed by atoms with E-state index in [4.69, 9.17) is 19.3 Å². The minimum atomic E-state index is 0.148. The van der Waals surface area contributed by atoms with Crippen molar-refractivity contribution in [2.24, 2.45) is 0 Å². The van der Waals surface area contributed by atoms with E-state index in [1.165, 1.54) is 0 Å². The summed E-state index contributed by atoms with van der Waals surface area (Å²) in [6.07, 6.45) is 0.897. The molecule has 1 fully saturated rings. The number of hydrogen-bond acceptors (Lipinski definition) is 4. The first kappa shape index (κ1) is 13.2. The summed E-state index contributed by atoms with van der Waals surface area (Å²) in [5, 5.41) is 10.9. The van der Waals surface area contributed by atoms with Crippen LogP contribution in [0.15, 0.2) is 36.4 Å². The zero-order valence-electron chi connectivity index (χ0n) is 11.2. The van der Waals surface area contributed by atoms with Gasteiger partial charge in [0, 0.05) is 18.4 Å². The van der Waals surface area contributed by atoms with Crippen LogP contribution in [0.4, 0.5) is 0 Å². The van der Waals surface area contributed by atoms with Gasteiger partial charge in [-0.15, -0.1) is 0 Å². The van der Waals surface area contributed by atoms with E-state index in [2.05, 4.69) is 0 Å². The molecule has 2 aromatic rings. The monoisotopic (exact) mass is 274 g/mol. The maximum absolute atomic E-state index is 8.75. The molecule has 0 spiro atoms. The summed E-state index contributed by atoms with van der Waals surface area (Å²) < 4.78 is 16.5. The Hall–Kier alpha value is -1.78. The quantitative estimate of drug-likeness (QED) is 0.622. The van der Waals surface area contributed by atoms with Gasteiger partial charge in [0.25, 0.3) is 0 Å². The lowest BCUT2D eigenvalue weighted by Crippen LogP contribution is -2.04. The normalized spacial score (nSPS) is 17.1. The minimum Gasteiger partial charge on any atom is -0.493 e. The molecule has 4 nitrogen and oxygen atoms in total. The number of aliphatic hydroxyl groups excluding tert-OH is 1. The van der Waals surface area contributed by atoms with E-state index in [0.29, 0.717) is 19.6 Å². The van der Waals surface area contributed by atoms with Crippen LogP contribution in [0.2, 0.25) is 0 Å². The van der Waals surface area contributed by atoms with E-state index in [1.54, 1.807) is 0 Å². The second-order valence-corrected chi connectivity index (χ2v) is 4.83. The molecule has 106 valence electrons. The average molecular weight is 274 g/mol. The fourth-order valence-electron chi connectivity index (χ4n) is 2.05. The lowest BCUT2D eigenvalue weighted by Gasteiger charge is -2.10. The fraction of sp³-hybridized carbons (Fsp3) is 0.375. The molecule has 0 amide bonds. The second kappa shape index (κ2) is 6.11. The maximum atomic E-state index is 8.75. The smallest absolute Gasteiger partial charge is 0.127 e. The molecule has 0 aromatic heterocycles. The van der Waals surface area contributed by atoms with Gasteiger partial charge in [-0.2, -0.15) is 0 Å². The van der Waals surface area contributed by atoms with Crippen molar-refractivity contribution in [3.63, 3.8) is 0 Å². The van der Waals surface area contributed by atoms with Gasteiger partial charge in [-0.1, -0.05) is 12.1 Å².